The van der Waals surface area contributed by atoms with Crippen LogP contribution < -0.4 is 11.1 Å². The van der Waals surface area contributed by atoms with Gasteiger partial charge >= 0.3 is 5.97 Å². The van der Waals surface area contributed by atoms with Crippen molar-refractivity contribution in [2.45, 2.75) is 96.4 Å². The highest BCUT2D eigenvalue weighted by atomic mass is 16.5. The molecule has 1 aliphatic rings. The standard InChI is InChI=1S/C24H38N2O4/c1-16(23(29)30-15-18-10-12-19(13-11-18)24(2,3)4)26-22(28)21(27)20(25)14-17-8-6-5-7-9-17/h10-13,16-17,20-21,27H,5-9,14-15,25H2,1-4H3,(H,26,28)/t16-,20-,21?/m1/s1. The van der Waals surface area contributed by atoms with Gasteiger partial charge in [0.25, 0.3) is 5.91 Å². The highest BCUT2D eigenvalue weighted by Gasteiger charge is 2.28. The zero-order valence-corrected chi connectivity index (χ0v) is 18.8. The number of nitrogens with one attached hydrogen (secondary N) is 1. The number of nitrogens with two attached hydrogens (primary N) is 1. The van der Waals surface area contributed by atoms with Gasteiger partial charge < -0.3 is 20.9 Å². The molecule has 1 aromatic carbocycles. The lowest BCUT2D eigenvalue weighted by Gasteiger charge is -2.27. The van der Waals surface area contributed by atoms with Gasteiger partial charge in [-0.25, -0.2) is 4.79 Å². The van der Waals surface area contributed by atoms with Crippen LogP contribution in [0.2, 0.25) is 0 Å². The normalized spacial score (nSPS) is 18.3. The van der Waals surface area contributed by atoms with Crippen molar-refractivity contribution < 1.29 is 19.4 Å². The zero-order valence-electron chi connectivity index (χ0n) is 18.8. The third kappa shape index (κ3) is 7.40. The fourth-order valence-corrected chi connectivity index (χ4v) is 3.87. The highest BCUT2D eigenvalue weighted by molar-refractivity contribution is 5.87. The van der Waals surface area contributed by atoms with Crippen LogP contribution in [0.15, 0.2) is 24.3 Å². The van der Waals surface area contributed by atoms with Gasteiger partial charge in [0.2, 0.25) is 0 Å². The Morgan fingerprint density at radius 2 is 1.77 bits per heavy atom. The summed E-state index contributed by atoms with van der Waals surface area (Å²) in [7, 11) is 0. The van der Waals surface area contributed by atoms with E-state index in [4.69, 9.17) is 10.5 Å². The first kappa shape index (κ1) is 24.4. The predicted octanol–water partition coefficient (Wildman–Crippen LogP) is 3.19. The molecule has 1 fully saturated rings. The Morgan fingerprint density at radius 1 is 1.17 bits per heavy atom. The number of ether oxygens (including phenoxy) is 1. The predicted molar refractivity (Wildman–Crippen MR) is 118 cm³/mol. The number of aliphatic hydroxyl groups is 1. The zero-order chi connectivity index (χ0) is 22.3. The maximum absolute atomic E-state index is 12.3. The number of hydrogen-bond donors (Lipinski definition) is 3. The molecule has 0 heterocycles. The van der Waals surface area contributed by atoms with Gasteiger partial charge in [0.1, 0.15) is 18.8 Å². The molecule has 1 unspecified atom stereocenters. The van der Waals surface area contributed by atoms with E-state index in [-0.39, 0.29) is 12.0 Å². The maximum Gasteiger partial charge on any atom is 0.328 e. The largest absolute Gasteiger partial charge is 0.459 e. The number of rotatable bonds is 8. The van der Waals surface area contributed by atoms with Crippen molar-refractivity contribution in [3.63, 3.8) is 0 Å². The van der Waals surface area contributed by atoms with Gasteiger partial charge in [0.05, 0.1) is 0 Å². The SMILES string of the molecule is C[C@@H](NC(=O)C(O)[C@H](N)CC1CCCCC1)C(=O)OCc1ccc(C(C)(C)C)cc1. The molecule has 1 amide bonds. The van der Waals surface area contributed by atoms with Crippen molar-refractivity contribution in [3.05, 3.63) is 35.4 Å². The molecule has 6 nitrogen and oxygen atoms in total. The number of amides is 1. The van der Waals surface area contributed by atoms with Crippen LogP contribution in [0.25, 0.3) is 0 Å². The molecule has 3 atom stereocenters. The topological polar surface area (TPSA) is 102 Å². The van der Waals surface area contributed by atoms with Crippen molar-refractivity contribution in [2.24, 2.45) is 11.7 Å². The summed E-state index contributed by atoms with van der Waals surface area (Å²) in [6.07, 6.45) is 5.10. The van der Waals surface area contributed by atoms with Crippen LogP contribution in [-0.2, 0) is 26.3 Å². The maximum atomic E-state index is 12.3. The molecule has 30 heavy (non-hydrogen) atoms. The average Bonchev–Trinajstić information content (AvgIpc) is 2.71. The Morgan fingerprint density at radius 3 is 2.33 bits per heavy atom. The second kappa shape index (κ2) is 10.9. The fourth-order valence-electron chi connectivity index (χ4n) is 3.87. The van der Waals surface area contributed by atoms with E-state index in [9.17, 15) is 14.7 Å². The molecule has 6 heteroatoms. The molecule has 2 rings (SSSR count). The Labute approximate surface area is 180 Å². The molecule has 0 spiro atoms. The second-order valence-corrected chi connectivity index (χ2v) is 9.63. The summed E-state index contributed by atoms with van der Waals surface area (Å²) < 4.78 is 5.31. The number of benzene rings is 1. The Hall–Kier alpha value is -1.92. The lowest BCUT2D eigenvalue weighted by atomic mass is 9.84. The first-order valence-corrected chi connectivity index (χ1v) is 11.1. The molecule has 0 aromatic heterocycles. The molecule has 1 aliphatic carbocycles. The molecule has 0 radical (unpaired) electrons. The first-order chi connectivity index (χ1) is 14.1. The summed E-state index contributed by atoms with van der Waals surface area (Å²) in [6.45, 7) is 8.10. The second-order valence-electron chi connectivity index (χ2n) is 9.63. The van der Waals surface area contributed by atoms with Crippen molar-refractivity contribution >= 4 is 11.9 Å². The van der Waals surface area contributed by atoms with Gasteiger partial charge in [-0.15, -0.1) is 0 Å². The molecule has 0 aliphatic heterocycles. The number of carbonyl (C=O) groups is 2. The van der Waals surface area contributed by atoms with E-state index in [0.29, 0.717) is 12.3 Å². The summed E-state index contributed by atoms with van der Waals surface area (Å²) in [4.78, 5) is 24.5. The molecular weight excluding hydrogens is 380 g/mol. The van der Waals surface area contributed by atoms with E-state index in [1.807, 2.05) is 24.3 Å². The Kier molecular flexibility index (Phi) is 8.86. The molecule has 168 valence electrons. The molecule has 0 saturated heterocycles. The van der Waals surface area contributed by atoms with Crippen LogP contribution >= 0.6 is 0 Å². The third-order valence-corrected chi connectivity index (χ3v) is 5.92. The summed E-state index contributed by atoms with van der Waals surface area (Å²) in [5.74, 6) is -0.711. The molecule has 1 aromatic rings. The minimum Gasteiger partial charge on any atom is -0.459 e. The van der Waals surface area contributed by atoms with E-state index >= 15 is 0 Å². The van der Waals surface area contributed by atoms with Crippen molar-refractivity contribution in [2.75, 3.05) is 0 Å². The van der Waals surface area contributed by atoms with Crippen molar-refractivity contribution in [1.29, 1.82) is 0 Å². The minimum absolute atomic E-state index is 0.0622. The van der Waals surface area contributed by atoms with Gasteiger partial charge in [0.15, 0.2) is 0 Å². The van der Waals surface area contributed by atoms with Gasteiger partial charge in [-0.3, -0.25) is 4.79 Å². The first-order valence-electron chi connectivity index (χ1n) is 11.1. The van der Waals surface area contributed by atoms with E-state index in [0.717, 1.165) is 18.4 Å². The quantitative estimate of drug-likeness (QED) is 0.563. The molecule has 4 N–H and O–H groups in total. The van der Waals surface area contributed by atoms with Crippen molar-refractivity contribution in [3.8, 4) is 0 Å². The average molecular weight is 419 g/mol. The smallest absolute Gasteiger partial charge is 0.328 e. The van der Waals surface area contributed by atoms with Crippen LogP contribution in [0.1, 0.15) is 77.3 Å². The van der Waals surface area contributed by atoms with Gasteiger partial charge in [-0.2, -0.15) is 0 Å². The van der Waals surface area contributed by atoms with Crippen LogP contribution in [0.3, 0.4) is 0 Å². The lowest BCUT2D eigenvalue weighted by molar-refractivity contribution is -0.149. The summed E-state index contributed by atoms with van der Waals surface area (Å²) in [5.41, 5.74) is 8.20. The number of carbonyl (C=O) groups excluding carboxylic acids is 2. The highest BCUT2D eigenvalue weighted by Crippen LogP contribution is 2.27. The summed E-state index contributed by atoms with van der Waals surface area (Å²) in [6, 6.07) is 6.44. The number of aliphatic hydroxyl groups excluding tert-OH is 1. The van der Waals surface area contributed by atoms with Gasteiger partial charge in [-0.05, 0) is 35.8 Å². The minimum atomic E-state index is -1.33. The van der Waals surface area contributed by atoms with Crippen LogP contribution in [-0.4, -0.2) is 35.2 Å². The van der Waals surface area contributed by atoms with E-state index in [1.165, 1.54) is 24.8 Å². The van der Waals surface area contributed by atoms with E-state index < -0.39 is 30.1 Å². The van der Waals surface area contributed by atoms with Crippen molar-refractivity contribution in [1.82, 2.24) is 5.32 Å². The Balaban J connectivity index is 1.77. The summed E-state index contributed by atoms with van der Waals surface area (Å²) in [5, 5.41) is 12.8. The molecule has 0 bridgehead atoms. The fraction of sp³-hybridized carbons (Fsp3) is 0.667. The van der Waals surface area contributed by atoms with Crippen LogP contribution in [0, 0.1) is 5.92 Å². The van der Waals surface area contributed by atoms with E-state index in [2.05, 4.69) is 26.1 Å². The van der Waals surface area contributed by atoms with Gasteiger partial charge in [0, 0.05) is 6.04 Å². The van der Waals surface area contributed by atoms with Gasteiger partial charge in [-0.1, -0.05) is 77.1 Å². The number of esters is 1. The molecular formula is C24H38N2O4. The molecule has 1 saturated carbocycles. The summed E-state index contributed by atoms with van der Waals surface area (Å²) >= 11 is 0. The third-order valence-electron chi connectivity index (χ3n) is 5.92. The van der Waals surface area contributed by atoms with Crippen LogP contribution in [0.5, 0.6) is 0 Å². The number of hydrogen-bond acceptors (Lipinski definition) is 5. The monoisotopic (exact) mass is 418 g/mol. The Bertz CT molecular complexity index is 690. The lowest BCUT2D eigenvalue weighted by Crippen LogP contribution is -2.51. The van der Waals surface area contributed by atoms with Crippen LogP contribution in [0.4, 0.5) is 0 Å². The van der Waals surface area contributed by atoms with E-state index in [1.54, 1.807) is 6.92 Å².